The molecule has 0 heterocycles. The predicted molar refractivity (Wildman–Crippen MR) is 102 cm³/mol. The summed E-state index contributed by atoms with van der Waals surface area (Å²) in [7, 11) is 4.05. The van der Waals surface area contributed by atoms with Crippen LogP contribution >= 0.6 is 11.8 Å². The van der Waals surface area contributed by atoms with Crippen molar-refractivity contribution in [3.8, 4) is 11.5 Å². The van der Waals surface area contributed by atoms with Crippen molar-refractivity contribution in [2.24, 2.45) is 0 Å². The molecule has 0 fully saturated rings. The first-order chi connectivity index (χ1) is 12.7. The zero-order valence-electron chi connectivity index (χ0n) is 15.1. The third-order valence-corrected chi connectivity index (χ3v) is 4.36. The normalized spacial score (nSPS) is 10.2. The third kappa shape index (κ3) is 8.98. The summed E-state index contributed by atoms with van der Waals surface area (Å²) in [6, 6.07) is 12.8. The number of carbonyl (C=O) groups is 2. The van der Waals surface area contributed by atoms with Gasteiger partial charge in [0, 0.05) is 17.5 Å². The van der Waals surface area contributed by atoms with Gasteiger partial charge in [0.15, 0.2) is 0 Å². The maximum absolute atomic E-state index is 9.83. The van der Waals surface area contributed by atoms with E-state index in [4.69, 9.17) is 10.2 Å². The predicted octanol–water partition coefficient (Wildman–Crippen LogP) is 3.25. The summed E-state index contributed by atoms with van der Waals surface area (Å²) in [5.41, 5.74) is 1.21. The van der Waals surface area contributed by atoms with Crippen LogP contribution in [0, 0.1) is 0 Å². The van der Waals surface area contributed by atoms with Gasteiger partial charge in [-0.15, -0.1) is 0 Å². The molecule has 0 aliphatic rings. The lowest BCUT2D eigenvalue weighted by atomic mass is 10.2. The van der Waals surface area contributed by atoms with Gasteiger partial charge in [-0.3, -0.25) is 9.59 Å². The van der Waals surface area contributed by atoms with Crippen LogP contribution in [-0.4, -0.2) is 51.4 Å². The van der Waals surface area contributed by atoms with E-state index in [1.165, 1.54) is 23.4 Å². The van der Waals surface area contributed by atoms with Gasteiger partial charge in [0.2, 0.25) is 0 Å². The number of aliphatic carboxylic acids is 2. The lowest BCUT2D eigenvalue weighted by molar-refractivity contribution is -0.143. The topological polar surface area (TPSA) is 118 Å². The van der Waals surface area contributed by atoms with E-state index in [9.17, 15) is 19.8 Å². The molecule has 0 aromatic heterocycles. The average molecular weight is 393 g/mol. The fourth-order valence-corrected chi connectivity index (χ4v) is 2.95. The maximum Gasteiger partial charge on any atom is 0.303 e. The molecule has 2 aromatic carbocycles. The van der Waals surface area contributed by atoms with Gasteiger partial charge in [0.1, 0.15) is 11.5 Å². The van der Waals surface area contributed by atoms with Crippen LogP contribution in [0.4, 0.5) is 0 Å². The number of hydrogen-bond donors (Lipinski definition) is 4. The summed E-state index contributed by atoms with van der Waals surface area (Å²) in [6.45, 7) is 0.849. The lowest BCUT2D eigenvalue weighted by Gasteiger charge is -2.14. The van der Waals surface area contributed by atoms with Crippen LogP contribution in [0.5, 0.6) is 11.5 Å². The van der Waals surface area contributed by atoms with Gasteiger partial charge >= 0.3 is 11.9 Å². The Kier molecular flexibility index (Phi) is 9.18. The Morgan fingerprint density at radius 3 is 2.04 bits per heavy atom. The van der Waals surface area contributed by atoms with E-state index in [0.717, 1.165) is 16.3 Å². The van der Waals surface area contributed by atoms with Crippen molar-refractivity contribution in [3.05, 3.63) is 48.0 Å². The van der Waals surface area contributed by atoms with Crippen LogP contribution in [-0.2, 0) is 16.1 Å². The smallest absolute Gasteiger partial charge is 0.303 e. The van der Waals surface area contributed by atoms with E-state index in [1.807, 2.05) is 32.3 Å². The van der Waals surface area contributed by atoms with E-state index in [2.05, 4.69) is 11.0 Å². The fourth-order valence-electron chi connectivity index (χ4n) is 2.00. The minimum absolute atomic E-state index is 0.0726. The van der Waals surface area contributed by atoms with Gasteiger partial charge in [-0.1, -0.05) is 30.0 Å². The molecule has 0 radical (unpaired) electrons. The summed E-state index contributed by atoms with van der Waals surface area (Å²) in [4.78, 5) is 23.2. The number of aromatic hydroxyl groups is 2. The van der Waals surface area contributed by atoms with Crippen LogP contribution in [0.15, 0.2) is 52.3 Å². The number of benzene rings is 2. The highest BCUT2D eigenvalue weighted by molar-refractivity contribution is 7.99. The van der Waals surface area contributed by atoms with Crippen molar-refractivity contribution < 1.29 is 30.0 Å². The molecular formula is C19H23NO6S. The summed E-state index contributed by atoms with van der Waals surface area (Å²) in [6.07, 6.45) is -0.593. The quantitative estimate of drug-likeness (QED) is 0.566. The summed E-state index contributed by atoms with van der Waals surface area (Å²) < 4.78 is 0. The fraction of sp³-hybridized carbons (Fsp3) is 0.263. The molecule has 0 saturated heterocycles. The SMILES string of the molecule is CN(C)Cc1ccccc1Sc1ccc(O)cc1O.O=C(O)CCC(=O)O. The van der Waals surface area contributed by atoms with Gasteiger partial charge < -0.3 is 25.3 Å². The van der Waals surface area contributed by atoms with E-state index in [0.29, 0.717) is 0 Å². The molecule has 0 aliphatic heterocycles. The Morgan fingerprint density at radius 1 is 0.926 bits per heavy atom. The van der Waals surface area contributed by atoms with Gasteiger partial charge in [-0.25, -0.2) is 0 Å². The Balaban J connectivity index is 0.000000387. The first-order valence-electron chi connectivity index (χ1n) is 8.05. The first kappa shape index (κ1) is 22.3. The molecule has 0 saturated carbocycles. The Labute approximate surface area is 161 Å². The molecular weight excluding hydrogens is 370 g/mol. The van der Waals surface area contributed by atoms with Crippen molar-refractivity contribution in [3.63, 3.8) is 0 Å². The lowest BCUT2D eigenvalue weighted by Crippen LogP contribution is -2.11. The highest BCUT2D eigenvalue weighted by Crippen LogP contribution is 2.37. The molecule has 7 nitrogen and oxygen atoms in total. The molecule has 8 heteroatoms. The Morgan fingerprint density at radius 2 is 1.52 bits per heavy atom. The molecule has 0 atom stereocenters. The van der Waals surface area contributed by atoms with E-state index in [1.54, 1.807) is 12.1 Å². The number of carboxylic acids is 2. The van der Waals surface area contributed by atoms with Crippen molar-refractivity contribution in [2.75, 3.05) is 14.1 Å². The van der Waals surface area contributed by atoms with Gasteiger partial charge in [-0.05, 0) is 37.9 Å². The van der Waals surface area contributed by atoms with Crippen LogP contribution in [0.1, 0.15) is 18.4 Å². The first-order valence-corrected chi connectivity index (χ1v) is 8.86. The molecule has 0 bridgehead atoms. The second-order valence-corrected chi connectivity index (χ2v) is 6.97. The number of phenolic OH excluding ortho intramolecular Hbond substituents is 2. The van der Waals surface area contributed by atoms with Crippen LogP contribution in [0.3, 0.4) is 0 Å². The van der Waals surface area contributed by atoms with Crippen molar-refractivity contribution in [1.82, 2.24) is 4.90 Å². The Hall–Kier alpha value is -2.71. The summed E-state index contributed by atoms with van der Waals surface area (Å²) >= 11 is 1.50. The minimum atomic E-state index is -1.08. The Bertz CT molecular complexity index is 765. The number of hydrogen-bond acceptors (Lipinski definition) is 6. The van der Waals surface area contributed by atoms with Crippen molar-refractivity contribution >= 4 is 23.7 Å². The van der Waals surface area contributed by atoms with Crippen molar-refractivity contribution in [1.29, 1.82) is 0 Å². The molecule has 27 heavy (non-hydrogen) atoms. The minimum Gasteiger partial charge on any atom is -0.508 e. The summed E-state index contributed by atoms with van der Waals surface area (Å²) in [5.74, 6) is -1.98. The van der Waals surface area contributed by atoms with E-state index in [-0.39, 0.29) is 24.3 Å². The van der Waals surface area contributed by atoms with Gasteiger partial charge in [0.05, 0.1) is 17.7 Å². The second kappa shape index (κ2) is 11.1. The standard InChI is InChI=1S/C15H17NO2S.C4H6O4/c1-16(2)10-11-5-3-4-6-14(11)19-15-8-7-12(17)9-13(15)18;5-3(6)1-2-4(7)8/h3-9,17-18H,10H2,1-2H3;1-2H2,(H,5,6)(H,7,8). The molecule has 4 N–H and O–H groups in total. The molecule has 0 unspecified atom stereocenters. The number of phenols is 2. The third-order valence-electron chi connectivity index (χ3n) is 3.17. The largest absolute Gasteiger partial charge is 0.508 e. The number of nitrogens with zero attached hydrogens (tertiary/aromatic N) is 1. The highest BCUT2D eigenvalue weighted by atomic mass is 32.2. The monoisotopic (exact) mass is 393 g/mol. The average Bonchev–Trinajstić information content (AvgIpc) is 2.57. The number of rotatable bonds is 7. The van der Waals surface area contributed by atoms with Gasteiger partial charge in [-0.2, -0.15) is 0 Å². The molecule has 0 amide bonds. The summed E-state index contributed by atoms with van der Waals surface area (Å²) in [5, 5.41) is 34.9. The van der Waals surface area contributed by atoms with E-state index < -0.39 is 11.9 Å². The maximum atomic E-state index is 9.83. The van der Waals surface area contributed by atoms with Crippen molar-refractivity contribution in [2.45, 2.75) is 29.2 Å². The van der Waals surface area contributed by atoms with Crippen LogP contribution in [0.25, 0.3) is 0 Å². The van der Waals surface area contributed by atoms with E-state index >= 15 is 0 Å². The molecule has 2 rings (SSSR count). The molecule has 0 spiro atoms. The zero-order valence-corrected chi connectivity index (χ0v) is 15.9. The van der Waals surface area contributed by atoms with Gasteiger partial charge in [0.25, 0.3) is 0 Å². The number of carboxylic acid groups (broad SMARTS) is 2. The van der Waals surface area contributed by atoms with Crippen LogP contribution < -0.4 is 0 Å². The highest BCUT2D eigenvalue weighted by Gasteiger charge is 2.08. The molecule has 146 valence electrons. The molecule has 2 aromatic rings. The van der Waals surface area contributed by atoms with Crippen LogP contribution in [0.2, 0.25) is 0 Å². The second-order valence-electron chi connectivity index (χ2n) is 5.89. The molecule has 0 aliphatic carbocycles. The zero-order chi connectivity index (χ0) is 20.4.